The molecule has 0 aromatic heterocycles. The normalized spacial score (nSPS) is 39.5. The van der Waals surface area contributed by atoms with Gasteiger partial charge in [0.25, 0.3) is 0 Å². The lowest BCUT2D eigenvalue weighted by molar-refractivity contribution is -0.362. The molecule has 11 heteroatoms. The van der Waals surface area contributed by atoms with Gasteiger partial charge in [-0.25, -0.2) is 0 Å². The summed E-state index contributed by atoms with van der Waals surface area (Å²) in [4.78, 5) is 0. The SMILES string of the molecule is CC1(C)COC2(CCC3=C4C(CCC3(O)C2)C2CC[C@@](O)(C(F)(F)C(F)(F)F)[C@@]2(C)C[C@@H]4c2ccc(C3COC(C)(C)OC3)cc2)OC1. The van der Waals surface area contributed by atoms with Crippen molar-refractivity contribution < 1.29 is 51.1 Å². The van der Waals surface area contributed by atoms with Crippen molar-refractivity contribution in [3.05, 3.63) is 46.5 Å². The van der Waals surface area contributed by atoms with Crippen LogP contribution in [0.3, 0.4) is 0 Å². The highest BCUT2D eigenvalue weighted by molar-refractivity contribution is 5.45. The van der Waals surface area contributed by atoms with E-state index in [-0.39, 0.29) is 36.5 Å². The lowest BCUT2D eigenvalue weighted by Gasteiger charge is -2.59. The summed E-state index contributed by atoms with van der Waals surface area (Å²) >= 11 is 0. The quantitative estimate of drug-likeness (QED) is 0.250. The van der Waals surface area contributed by atoms with Crippen molar-refractivity contribution in [3.8, 4) is 0 Å². The number of aliphatic hydroxyl groups is 2. The first kappa shape index (κ1) is 34.8. The molecule has 1 spiro atoms. The highest BCUT2D eigenvalue weighted by Crippen LogP contribution is 2.71. The first-order valence-corrected chi connectivity index (χ1v) is 17.4. The van der Waals surface area contributed by atoms with Crippen LogP contribution in [0.2, 0.25) is 0 Å². The van der Waals surface area contributed by atoms with Gasteiger partial charge in [-0.3, -0.25) is 0 Å². The van der Waals surface area contributed by atoms with Gasteiger partial charge >= 0.3 is 12.1 Å². The van der Waals surface area contributed by atoms with Crippen LogP contribution in [-0.2, 0) is 18.9 Å². The molecule has 1 aromatic carbocycles. The molecule has 0 radical (unpaired) electrons. The minimum atomic E-state index is -5.90. The lowest BCUT2D eigenvalue weighted by Crippen LogP contribution is -2.65. The summed E-state index contributed by atoms with van der Waals surface area (Å²) in [6.07, 6.45) is -4.64. The highest BCUT2D eigenvalue weighted by Gasteiger charge is 2.79. The van der Waals surface area contributed by atoms with Crippen LogP contribution >= 0.6 is 0 Å². The summed E-state index contributed by atoms with van der Waals surface area (Å²) in [5, 5.41) is 24.0. The number of rotatable bonds is 3. The Morgan fingerprint density at radius 1 is 0.771 bits per heavy atom. The molecule has 0 amide bonds. The Labute approximate surface area is 279 Å². The predicted octanol–water partition coefficient (Wildman–Crippen LogP) is 7.78. The summed E-state index contributed by atoms with van der Waals surface area (Å²) in [5.74, 6) is -8.43. The van der Waals surface area contributed by atoms with Crippen molar-refractivity contribution in [1.29, 1.82) is 0 Å². The minimum Gasteiger partial charge on any atom is -0.385 e. The van der Waals surface area contributed by atoms with E-state index < -0.39 is 58.5 Å². The Bertz CT molecular complexity index is 1430. The molecule has 4 aliphatic carbocycles. The molecule has 0 bridgehead atoms. The van der Waals surface area contributed by atoms with E-state index in [0.717, 1.165) is 22.3 Å². The Morgan fingerprint density at radius 2 is 1.38 bits per heavy atom. The molecule has 3 unspecified atom stereocenters. The number of allylic oxidation sites excluding steroid dienone is 1. The first-order chi connectivity index (χ1) is 22.2. The molecule has 2 saturated heterocycles. The fourth-order valence-corrected chi connectivity index (χ4v) is 10.2. The van der Waals surface area contributed by atoms with Crippen LogP contribution in [0.15, 0.2) is 35.4 Å². The molecular formula is C37H49F5O6. The highest BCUT2D eigenvalue weighted by atomic mass is 19.4. The third kappa shape index (κ3) is 5.23. The molecule has 268 valence electrons. The van der Waals surface area contributed by atoms with Gasteiger partial charge in [-0.2, -0.15) is 22.0 Å². The van der Waals surface area contributed by atoms with Gasteiger partial charge < -0.3 is 29.2 Å². The maximum absolute atomic E-state index is 15.4. The second kappa shape index (κ2) is 10.9. The zero-order valence-electron chi connectivity index (χ0n) is 28.5. The first-order valence-electron chi connectivity index (χ1n) is 17.4. The molecule has 2 N–H and O–H groups in total. The van der Waals surface area contributed by atoms with Crippen molar-refractivity contribution in [2.24, 2.45) is 22.7 Å². The van der Waals surface area contributed by atoms with Crippen LogP contribution < -0.4 is 0 Å². The third-order valence-electron chi connectivity index (χ3n) is 13.0. The molecule has 6 nitrogen and oxygen atoms in total. The molecule has 48 heavy (non-hydrogen) atoms. The number of hydrogen-bond donors (Lipinski definition) is 2. The van der Waals surface area contributed by atoms with Crippen LogP contribution in [0.1, 0.15) is 109 Å². The van der Waals surface area contributed by atoms with E-state index in [9.17, 15) is 23.4 Å². The Balaban J connectivity index is 1.29. The number of hydrogen-bond acceptors (Lipinski definition) is 6. The summed E-state index contributed by atoms with van der Waals surface area (Å²) < 4.78 is 97.1. The fourth-order valence-electron chi connectivity index (χ4n) is 10.2. The van der Waals surface area contributed by atoms with Gasteiger partial charge in [0.05, 0.1) is 32.0 Å². The molecule has 6 aliphatic rings. The van der Waals surface area contributed by atoms with Crippen LogP contribution in [0, 0.1) is 22.7 Å². The molecule has 1 aromatic rings. The van der Waals surface area contributed by atoms with Gasteiger partial charge in [0.15, 0.2) is 11.6 Å². The maximum atomic E-state index is 15.4. The molecular weight excluding hydrogens is 635 g/mol. The van der Waals surface area contributed by atoms with E-state index in [1.807, 2.05) is 38.1 Å². The zero-order valence-corrected chi connectivity index (χ0v) is 28.5. The standard InChI is InChI=1S/C37H49F5O6/c1-30(2)20-47-34(48-21-30)14-11-28-29-25(10-13-33(28,43)19-34)27-12-15-35(44,36(38,39)37(40,41)42)32(27,5)16-26(29)23-8-6-22(7-9-23)24-17-45-31(3,4)46-18-24/h6-9,24-27,43-44H,10-21H2,1-5H3/t25?,26-,27?,32+,33?,35+/m1/s1. The summed E-state index contributed by atoms with van der Waals surface area (Å²) in [7, 11) is 0. The van der Waals surface area contributed by atoms with Gasteiger partial charge in [-0.15, -0.1) is 0 Å². The number of halogens is 5. The monoisotopic (exact) mass is 684 g/mol. The molecule has 5 fully saturated rings. The van der Waals surface area contributed by atoms with E-state index in [0.29, 0.717) is 52.1 Å². The van der Waals surface area contributed by atoms with Gasteiger partial charge in [0, 0.05) is 35.5 Å². The summed E-state index contributed by atoms with van der Waals surface area (Å²) in [5.41, 5.74) is -2.88. The Morgan fingerprint density at radius 3 is 1.98 bits per heavy atom. The van der Waals surface area contributed by atoms with Gasteiger partial charge in [-0.1, -0.05) is 50.6 Å². The van der Waals surface area contributed by atoms with Gasteiger partial charge in [0.2, 0.25) is 0 Å². The maximum Gasteiger partial charge on any atom is 0.456 e. The van der Waals surface area contributed by atoms with Gasteiger partial charge in [0.1, 0.15) is 5.60 Å². The largest absolute Gasteiger partial charge is 0.456 e. The minimum absolute atomic E-state index is 0.0183. The predicted molar refractivity (Wildman–Crippen MR) is 166 cm³/mol. The fraction of sp³-hybridized carbons (Fsp3) is 0.784. The van der Waals surface area contributed by atoms with Crippen LogP contribution in [0.25, 0.3) is 0 Å². The van der Waals surface area contributed by atoms with Crippen molar-refractivity contribution in [3.63, 3.8) is 0 Å². The number of alkyl halides is 5. The molecule has 6 atom stereocenters. The van der Waals surface area contributed by atoms with E-state index in [1.54, 1.807) is 0 Å². The average molecular weight is 685 g/mol. The van der Waals surface area contributed by atoms with E-state index in [2.05, 4.69) is 13.8 Å². The second-order valence-corrected chi connectivity index (χ2v) is 17.1. The van der Waals surface area contributed by atoms with E-state index in [4.69, 9.17) is 18.9 Å². The zero-order chi connectivity index (χ0) is 34.8. The van der Waals surface area contributed by atoms with Crippen LogP contribution in [0.4, 0.5) is 22.0 Å². The molecule has 2 heterocycles. The lowest BCUT2D eigenvalue weighted by atomic mass is 9.49. The Kier molecular flexibility index (Phi) is 7.93. The third-order valence-corrected chi connectivity index (χ3v) is 13.0. The average Bonchev–Trinajstić information content (AvgIpc) is 3.29. The van der Waals surface area contributed by atoms with Crippen molar-refractivity contribution in [2.75, 3.05) is 26.4 Å². The van der Waals surface area contributed by atoms with Crippen molar-refractivity contribution in [2.45, 2.75) is 133 Å². The summed E-state index contributed by atoms with van der Waals surface area (Å²) in [6.45, 7) is 11.2. The van der Waals surface area contributed by atoms with E-state index in [1.165, 1.54) is 6.92 Å². The number of benzene rings is 1. The smallest absolute Gasteiger partial charge is 0.385 e. The summed E-state index contributed by atoms with van der Waals surface area (Å²) in [6, 6.07) is 7.72. The van der Waals surface area contributed by atoms with Crippen molar-refractivity contribution >= 4 is 0 Å². The second-order valence-electron chi connectivity index (χ2n) is 17.1. The molecule has 7 rings (SSSR count). The Hall–Kier alpha value is -1.63. The molecule has 3 saturated carbocycles. The van der Waals surface area contributed by atoms with E-state index >= 15 is 8.78 Å². The number of ether oxygens (including phenoxy) is 4. The molecule has 2 aliphatic heterocycles. The topological polar surface area (TPSA) is 77.4 Å². The van der Waals surface area contributed by atoms with Crippen molar-refractivity contribution in [1.82, 2.24) is 0 Å². The van der Waals surface area contributed by atoms with Gasteiger partial charge in [-0.05, 0) is 80.9 Å². The van der Waals surface area contributed by atoms with Crippen LogP contribution in [-0.4, -0.2) is 71.5 Å². The van der Waals surface area contributed by atoms with Crippen LogP contribution in [0.5, 0.6) is 0 Å². The number of fused-ring (bicyclic) bond motifs is 4.